The predicted octanol–water partition coefficient (Wildman–Crippen LogP) is 3.48. The predicted molar refractivity (Wildman–Crippen MR) is 72.5 cm³/mol. The number of H-pyrrole nitrogens is 1. The van der Waals surface area contributed by atoms with Crippen LogP contribution in [0.15, 0.2) is 60.9 Å². The van der Waals surface area contributed by atoms with Crippen LogP contribution in [-0.4, -0.2) is 14.4 Å². The molecule has 86 valence electrons. The van der Waals surface area contributed by atoms with Crippen molar-refractivity contribution >= 4 is 16.8 Å². The maximum absolute atomic E-state index is 4.27. The quantitative estimate of drug-likeness (QED) is 0.536. The van der Waals surface area contributed by atoms with Crippen LogP contribution in [0.4, 0.5) is 0 Å². The molecule has 2 heterocycles. The largest absolute Gasteiger partial charge is 0.323 e. The van der Waals surface area contributed by atoms with Gasteiger partial charge in [-0.3, -0.25) is 4.40 Å². The van der Waals surface area contributed by atoms with Crippen LogP contribution in [-0.2, 0) is 0 Å². The summed E-state index contributed by atoms with van der Waals surface area (Å²) in [6, 6.07) is 16.8. The minimum atomic E-state index is 0.884. The Balaban J connectivity index is 2.02. The summed E-state index contributed by atoms with van der Waals surface area (Å²) in [6.45, 7) is 0. The van der Waals surface area contributed by atoms with E-state index in [1.165, 1.54) is 11.1 Å². The van der Waals surface area contributed by atoms with Crippen LogP contribution < -0.4 is 0 Å². The molecular weight excluding hydrogens is 222 g/mol. The number of nitrogens with one attached hydrogen (secondary N) is 1. The van der Waals surface area contributed by atoms with Gasteiger partial charge >= 0.3 is 0 Å². The van der Waals surface area contributed by atoms with Crippen LogP contribution in [0.25, 0.3) is 27.9 Å². The van der Waals surface area contributed by atoms with Crippen molar-refractivity contribution in [3.8, 4) is 11.1 Å². The minimum Gasteiger partial charge on any atom is -0.323 e. The molecule has 0 spiro atoms. The molecule has 0 aliphatic heterocycles. The van der Waals surface area contributed by atoms with E-state index < -0.39 is 0 Å². The fraction of sp³-hybridized carbons (Fsp3) is 0. The van der Waals surface area contributed by atoms with Crippen molar-refractivity contribution < 1.29 is 0 Å². The van der Waals surface area contributed by atoms with Crippen LogP contribution in [0.3, 0.4) is 0 Å². The van der Waals surface area contributed by atoms with Crippen molar-refractivity contribution in [2.24, 2.45) is 0 Å². The van der Waals surface area contributed by atoms with Crippen LogP contribution in [0.2, 0.25) is 0 Å². The van der Waals surface area contributed by atoms with Crippen molar-refractivity contribution in [3.63, 3.8) is 0 Å². The zero-order chi connectivity index (χ0) is 11.9. The Bertz CT molecular complexity index is 825. The topological polar surface area (TPSA) is 33.1 Å². The number of nitrogens with zero attached hydrogens (tertiary/aromatic N) is 2. The number of rotatable bonds is 1. The fourth-order valence-corrected chi connectivity index (χ4v) is 2.36. The Labute approximate surface area is 104 Å². The maximum Gasteiger partial charge on any atom is 0.212 e. The van der Waals surface area contributed by atoms with Gasteiger partial charge in [-0.15, -0.1) is 0 Å². The molecule has 4 rings (SSSR count). The average molecular weight is 233 g/mol. The lowest BCUT2D eigenvalue weighted by Crippen LogP contribution is -1.80. The molecule has 18 heavy (non-hydrogen) atoms. The first-order chi connectivity index (χ1) is 8.92. The van der Waals surface area contributed by atoms with E-state index in [0.717, 1.165) is 16.8 Å². The number of imidazole rings is 2. The summed E-state index contributed by atoms with van der Waals surface area (Å²) in [6.07, 6.45) is 3.78. The molecule has 0 atom stereocenters. The maximum atomic E-state index is 4.27. The zero-order valence-electron chi connectivity index (χ0n) is 9.67. The Morgan fingerprint density at radius 1 is 0.944 bits per heavy atom. The third-order valence-corrected chi connectivity index (χ3v) is 3.25. The molecule has 0 aliphatic carbocycles. The third-order valence-electron chi connectivity index (χ3n) is 3.25. The molecular formula is C15H11N3. The van der Waals surface area contributed by atoms with Crippen LogP contribution in [0.5, 0.6) is 0 Å². The Morgan fingerprint density at radius 3 is 2.72 bits per heavy atom. The van der Waals surface area contributed by atoms with E-state index in [4.69, 9.17) is 0 Å². The highest BCUT2D eigenvalue weighted by molar-refractivity contribution is 5.84. The Hall–Kier alpha value is -2.55. The number of aromatic nitrogens is 3. The molecule has 0 amide bonds. The second kappa shape index (κ2) is 3.47. The van der Waals surface area contributed by atoms with Crippen molar-refractivity contribution in [2.75, 3.05) is 0 Å². The van der Waals surface area contributed by atoms with E-state index in [-0.39, 0.29) is 0 Å². The summed E-state index contributed by atoms with van der Waals surface area (Å²) >= 11 is 0. The first-order valence-corrected chi connectivity index (χ1v) is 5.92. The highest BCUT2D eigenvalue weighted by Crippen LogP contribution is 2.24. The van der Waals surface area contributed by atoms with Gasteiger partial charge in [-0.25, -0.2) is 4.98 Å². The molecule has 3 heteroatoms. The van der Waals surface area contributed by atoms with Crippen molar-refractivity contribution in [1.82, 2.24) is 14.4 Å². The molecule has 0 fully saturated rings. The van der Waals surface area contributed by atoms with Crippen molar-refractivity contribution in [1.29, 1.82) is 0 Å². The molecule has 0 unspecified atom stereocenters. The van der Waals surface area contributed by atoms with E-state index in [1.54, 1.807) is 6.20 Å². The first kappa shape index (κ1) is 9.48. The lowest BCUT2D eigenvalue weighted by molar-refractivity contribution is 1.25. The molecule has 4 aromatic rings. The van der Waals surface area contributed by atoms with E-state index in [2.05, 4.69) is 56.8 Å². The normalized spacial score (nSPS) is 11.3. The second-order valence-corrected chi connectivity index (χ2v) is 4.34. The molecule has 0 bridgehead atoms. The van der Waals surface area contributed by atoms with E-state index in [1.807, 2.05) is 12.3 Å². The summed E-state index contributed by atoms with van der Waals surface area (Å²) in [5.41, 5.74) is 4.72. The SMILES string of the molecule is c1ccc(-c2ccc3[nH]c4nccn4c3c2)cc1. The molecule has 0 saturated carbocycles. The minimum absolute atomic E-state index is 0.884. The molecule has 0 aliphatic rings. The van der Waals surface area contributed by atoms with Gasteiger partial charge in [-0.05, 0) is 23.3 Å². The summed E-state index contributed by atoms with van der Waals surface area (Å²) in [4.78, 5) is 7.55. The fourth-order valence-electron chi connectivity index (χ4n) is 2.36. The van der Waals surface area contributed by atoms with Gasteiger partial charge in [0.15, 0.2) is 0 Å². The number of benzene rings is 2. The highest BCUT2D eigenvalue weighted by Gasteiger charge is 2.05. The van der Waals surface area contributed by atoms with Gasteiger partial charge in [-0.1, -0.05) is 36.4 Å². The lowest BCUT2D eigenvalue weighted by atomic mass is 10.1. The monoisotopic (exact) mass is 233 g/mol. The van der Waals surface area contributed by atoms with E-state index in [0.29, 0.717) is 0 Å². The van der Waals surface area contributed by atoms with Crippen molar-refractivity contribution in [3.05, 3.63) is 60.9 Å². The van der Waals surface area contributed by atoms with Gasteiger partial charge < -0.3 is 4.98 Å². The summed E-state index contributed by atoms with van der Waals surface area (Å²) in [7, 11) is 0. The van der Waals surface area contributed by atoms with Gasteiger partial charge in [0.25, 0.3) is 0 Å². The molecule has 0 saturated heterocycles. The van der Waals surface area contributed by atoms with Gasteiger partial charge in [0.2, 0.25) is 5.78 Å². The molecule has 1 N–H and O–H groups in total. The van der Waals surface area contributed by atoms with E-state index >= 15 is 0 Å². The second-order valence-electron chi connectivity index (χ2n) is 4.34. The van der Waals surface area contributed by atoms with Gasteiger partial charge in [0.1, 0.15) is 0 Å². The molecule has 2 aromatic carbocycles. The number of hydrogen-bond acceptors (Lipinski definition) is 1. The third kappa shape index (κ3) is 1.27. The summed E-state index contributed by atoms with van der Waals surface area (Å²) in [5, 5.41) is 0. The Morgan fingerprint density at radius 2 is 1.83 bits per heavy atom. The summed E-state index contributed by atoms with van der Waals surface area (Å²) < 4.78 is 2.07. The highest BCUT2D eigenvalue weighted by atomic mass is 15.1. The van der Waals surface area contributed by atoms with Crippen LogP contribution >= 0.6 is 0 Å². The molecule has 0 radical (unpaired) electrons. The van der Waals surface area contributed by atoms with Crippen LogP contribution in [0, 0.1) is 0 Å². The zero-order valence-corrected chi connectivity index (χ0v) is 9.67. The van der Waals surface area contributed by atoms with Gasteiger partial charge in [0, 0.05) is 12.4 Å². The standard InChI is InChI=1S/C15H11N3/c1-2-4-11(5-3-1)12-6-7-13-14(10-12)18-9-8-16-15(18)17-13/h1-10H,(H,16,17). The lowest BCUT2D eigenvalue weighted by Gasteiger charge is -2.01. The first-order valence-electron chi connectivity index (χ1n) is 5.92. The average Bonchev–Trinajstić information content (AvgIpc) is 2.99. The smallest absolute Gasteiger partial charge is 0.212 e. The summed E-state index contributed by atoms with van der Waals surface area (Å²) in [5.74, 6) is 0.884. The van der Waals surface area contributed by atoms with Crippen LogP contribution in [0.1, 0.15) is 0 Å². The van der Waals surface area contributed by atoms with Crippen molar-refractivity contribution in [2.45, 2.75) is 0 Å². The number of aromatic amines is 1. The number of hydrogen-bond donors (Lipinski definition) is 1. The number of fused-ring (bicyclic) bond motifs is 3. The van der Waals surface area contributed by atoms with Gasteiger partial charge in [0.05, 0.1) is 11.0 Å². The van der Waals surface area contributed by atoms with E-state index in [9.17, 15) is 0 Å². The Kier molecular flexibility index (Phi) is 1.83. The molecule has 2 aromatic heterocycles. The van der Waals surface area contributed by atoms with Gasteiger partial charge in [-0.2, -0.15) is 0 Å². The molecule has 3 nitrogen and oxygen atoms in total.